The summed E-state index contributed by atoms with van der Waals surface area (Å²) in [4.78, 5) is 0. The number of hydrogen-bond donors (Lipinski definition) is 0. The fraction of sp³-hybridized carbons (Fsp3) is 0.429. The zero-order chi connectivity index (χ0) is 10.7. The summed E-state index contributed by atoms with van der Waals surface area (Å²) in [6.07, 6.45) is 8.58. The van der Waals surface area contributed by atoms with Gasteiger partial charge in [0.2, 0.25) is 0 Å². The smallest absolute Gasteiger partial charge is 0.0412 e. The maximum atomic E-state index is 6.00. The molecule has 0 atom stereocenters. The molecule has 2 rings (SSSR count). The number of allylic oxidation sites excluding steroid dienone is 1. The molecule has 0 unspecified atom stereocenters. The molecule has 0 radical (unpaired) electrons. The van der Waals surface area contributed by atoms with Crippen LogP contribution in [0.1, 0.15) is 43.7 Å². The highest BCUT2D eigenvalue weighted by Crippen LogP contribution is 2.28. The highest BCUT2D eigenvalue weighted by Gasteiger charge is 2.09. The molecule has 0 aromatic heterocycles. The summed E-state index contributed by atoms with van der Waals surface area (Å²) < 4.78 is 0. The summed E-state index contributed by atoms with van der Waals surface area (Å²) in [6.45, 7) is 2.24. The molecule has 15 heavy (non-hydrogen) atoms. The molecule has 0 saturated carbocycles. The number of fused-ring (bicyclic) bond motifs is 1. The lowest BCUT2D eigenvalue weighted by Crippen LogP contribution is -1.99. The number of hydrogen-bond acceptors (Lipinski definition) is 0. The monoisotopic (exact) mass is 220 g/mol. The molecule has 1 heteroatoms. The van der Waals surface area contributed by atoms with E-state index in [2.05, 4.69) is 25.1 Å². The fourth-order valence-electron chi connectivity index (χ4n) is 2.12. The lowest BCUT2D eigenvalue weighted by Gasteiger charge is -2.16. The van der Waals surface area contributed by atoms with Crippen LogP contribution in [0, 0.1) is 0 Å². The molecular weight excluding hydrogens is 204 g/mol. The minimum atomic E-state index is 0.849. The summed E-state index contributed by atoms with van der Waals surface area (Å²) in [5, 5.41) is 0.849. The van der Waals surface area contributed by atoms with Gasteiger partial charge in [0, 0.05) is 5.02 Å². The largest absolute Gasteiger partial charge is 0.0843 e. The standard InChI is InChI=1S/C14H17Cl/c1-2-3-4-11-5-6-12-7-8-14(15)10-13(12)9-11/h7-10H,2-6H2,1H3. The van der Waals surface area contributed by atoms with Crippen LogP contribution in [0.4, 0.5) is 0 Å². The Morgan fingerprint density at radius 2 is 2.13 bits per heavy atom. The first-order valence-corrected chi connectivity index (χ1v) is 6.15. The molecule has 80 valence electrons. The quantitative estimate of drug-likeness (QED) is 0.683. The summed E-state index contributed by atoms with van der Waals surface area (Å²) in [5.74, 6) is 0. The van der Waals surface area contributed by atoms with Crippen LogP contribution in [0.3, 0.4) is 0 Å². The molecular formula is C14H17Cl. The maximum Gasteiger partial charge on any atom is 0.0412 e. The van der Waals surface area contributed by atoms with E-state index in [1.54, 1.807) is 5.57 Å². The fourth-order valence-corrected chi connectivity index (χ4v) is 2.30. The Morgan fingerprint density at radius 1 is 1.27 bits per heavy atom. The third-order valence-electron chi connectivity index (χ3n) is 3.03. The van der Waals surface area contributed by atoms with E-state index in [-0.39, 0.29) is 0 Å². The average molecular weight is 221 g/mol. The Morgan fingerprint density at radius 3 is 2.93 bits per heavy atom. The molecule has 1 aromatic carbocycles. The number of unbranched alkanes of at least 4 members (excludes halogenated alkanes) is 1. The van der Waals surface area contributed by atoms with Gasteiger partial charge in [-0.2, -0.15) is 0 Å². The molecule has 0 spiro atoms. The van der Waals surface area contributed by atoms with Crippen LogP contribution in [0.2, 0.25) is 5.02 Å². The van der Waals surface area contributed by atoms with Crippen LogP contribution in [-0.4, -0.2) is 0 Å². The third-order valence-corrected chi connectivity index (χ3v) is 3.27. The van der Waals surface area contributed by atoms with Gasteiger partial charge in [-0.05, 0) is 48.9 Å². The van der Waals surface area contributed by atoms with Crippen LogP contribution in [0.15, 0.2) is 23.8 Å². The molecule has 1 aliphatic rings. The SMILES string of the molecule is CCCCC1=Cc2cc(Cl)ccc2CC1. The predicted octanol–water partition coefficient (Wildman–Crippen LogP) is 4.86. The topological polar surface area (TPSA) is 0 Å². The number of benzene rings is 1. The van der Waals surface area contributed by atoms with Gasteiger partial charge < -0.3 is 0 Å². The van der Waals surface area contributed by atoms with Crippen molar-refractivity contribution in [2.75, 3.05) is 0 Å². The van der Waals surface area contributed by atoms with Gasteiger partial charge in [0.1, 0.15) is 0 Å². The summed E-state index contributed by atoms with van der Waals surface area (Å²) in [7, 11) is 0. The van der Waals surface area contributed by atoms with E-state index in [1.807, 2.05) is 6.07 Å². The molecule has 0 bridgehead atoms. The van der Waals surface area contributed by atoms with Crippen LogP contribution in [-0.2, 0) is 6.42 Å². The van der Waals surface area contributed by atoms with Crippen molar-refractivity contribution in [2.24, 2.45) is 0 Å². The Hall–Kier alpha value is -0.750. The predicted molar refractivity (Wildman–Crippen MR) is 67.3 cm³/mol. The van der Waals surface area contributed by atoms with Gasteiger partial charge in [0.05, 0.1) is 0 Å². The summed E-state index contributed by atoms with van der Waals surface area (Å²) >= 11 is 6.00. The zero-order valence-electron chi connectivity index (χ0n) is 9.22. The van der Waals surface area contributed by atoms with Gasteiger partial charge in [-0.25, -0.2) is 0 Å². The van der Waals surface area contributed by atoms with E-state index in [1.165, 1.54) is 43.2 Å². The van der Waals surface area contributed by atoms with E-state index in [4.69, 9.17) is 11.6 Å². The molecule has 1 aliphatic carbocycles. The van der Waals surface area contributed by atoms with Gasteiger partial charge in [0.25, 0.3) is 0 Å². The summed E-state index contributed by atoms with van der Waals surface area (Å²) in [6, 6.07) is 6.23. The third kappa shape index (κ3) is 2.63. The second-order valence-electron chi connectivity index (χ2n) is 4.25. The minimum Gasteiger partial charge on any atom is -0.0843 e. The van der Waals surface area contributed by atoms with Crippen molar-refractivity contribution in [3.63, 3.8) is 0 Å². The normalized spacial score (nSPS) is 14.7. The van der Waals surface area contributed by atoms with E-state index in [0.29, 0.717) is 0 Å². The second kappa shape index (κ2) is 4.85. The van der Waals surface area contributed by atoms with E-state index < -0.39 is 0 Å². The molecule has 1 aromatic rings. The molecule has 0 amide bonds. The molecule has 0 nitrogen and oxygen atoms in total. The first-order valence-electron chi connectivity index (χ1n) is 5.77. The zero-order valence-corrected chi connectivity index (χ0v) is 9.98. The van der Waals surface area contributed by atoms with E-state index >= 15 is 0 Å². The molecule has 0 heterocycles. The lowest BCUT2D eigenvalue weighted by atomic mass is 9.90. The number of rotatable bonds is 3. The van der Waals surface area contributed by atoms with Crippen molar-refractivity contribution < 1.29 is 0 Å². The van der Waals surface area contributed by atoms with Crippen molar-refractivity contribution in [3.8, 4) is 0 Å². The van der Waals surface area contributed by atoms with Gasteiger partial charge in [-0.1, -0.05) is 42.7 Å². The van der Waals surface area contributed by atoms with Crippen LogP contribution >= 0.6 is 11.6 Å². The van der Waals surface area contributed by atoms with Gasteiger partial charge >= 0.3 is 0 Å². The minimum absolute atomic E-state index is 0.849. The second-order valence-corrected chi connectivity index (χ2v) is 4.69. The molecule has 0 fully saturated rings. The van der Waals surface area contributed by atoms with Crippen LogP contribution < -0.4 is 0 Å². The number of aryl methyl sites for hydroxylation is 1. The van der Waals surface area contributed by atoms with Crippen molar-refractivity contribution in [1.29, 1.82) is 0 Å². The van der Waals surface area contributed by atoms with Crippen LogP contribution in [0.5, 0.6) is 0 Å². The maximum absolute atomic E-state index is 6.00. The highest BCUT2D eigenvalue weighted by atomic mass is 35.5. The van der Waals surface area contributed by atoms with Crippen molar-refractivity contribution >= 4 is 17.7 Å². The van der Waals surface area contributed by atoms with Gasteiger partial charge in [0.15, 0.2) is 0 Å². The van der Waals surface area contributed by atoms with Gasteiger partial charge in [-0.3, -0.25) is 0 Å². The number of halogens is 1. The van der Waals surface area contributed by atoms with E-state index in [0.717, 1.165) is 5.02 Å². The summed E-state index contributed by atoms with van der Waals surface area (Å²) in [5.41, 5.74) is 4.37. The first-order chi connectivity index (χ1) is 7.29. The van der Waals surface area contributed by atoms with Crippen molar-refractivity contribution in [1.82, 2.24) is 0 Å². The Labute approximate surface area is 97.0 Å². The van der Waals surface area contributed by atoms with Crippen molar-refractivity contribution in [3.05, 3.63) is 39.9 Å². The first kappa shape index (κ1) is 10.8. The Kier molecular flexibility index (Phi) is 3.48. The van der Waals surface area contributed by atoms with Gasteiger partial charge in [-0.15, -0.1) is 0 Å². The lowest BCUT2D eigenvalue weighted by molar-refractivity contribution is 0.749. The molecule has 0 aliphatic heterocycles. The Bertz CT molecular complexity index is 377. The highest BCUT2D eigenvalue weighted by molar-refractivity contribution is 6.30. The van der Waals surface area contributed by atoms with Crippen molar-refractivity contribution in [2.45, 2.75) is 39.0 Å². The molecule has 0 N–H and O–H groups in total. The van der Waals surface area contributed by atoms with E-state index in [9.17, 15) is 0 Å². The average Bonchev–Trinajstić information content (AvgIpc) is 2.25. The van der Waals surface area contributed by atoms with Crippen LogP contribution in [0.25, 0.3) is 6.08 Å². The Balaban J connectivity index is 2.20. The molecule has 0 saturated heterocycles.